The summed E-state index contributed by atoms with van der Waals surface area (Å²) < 4.78 is 13.0. The smallest absolute Gasteiger partial charge is 0.230 e. The van der Waals surface area contributed by atoms with Crippen LogP contribution in [0.2, 0.25) is 0 Å². The quantitative estimate of drug-likeness (QED) is 0.672. The molecule has 2 amide bonds. The van der Waals surface area contributed by atoms with Crippen molar-refractivity contribution in [3.05, 3.63) is 70.0 Å². The van der Waals surface area contributed by atoms with Gasteiger partial charge in [-0.25, -0.2) is 4.39 Å². The van der Waals surface area contributed by atoms with Crippen molar-refractivity contribution in [1.82, 2.24) is 10.2 Å². The summed E-state index contributed by atoms with van der Waals surface area (Å²) in [5.41, 5.74) is 3.94. The Hall–Kier alpha value is -3.13. The summed E-state index contributed by atoms with van der Waals surface area (Å²) >= 11 is 1.28. The molecular formula is C22H21FN4O2S. The van der Waals surface area contributed by atoms with Crippen LogP contribution in [0, 0.1) is 19.7 Å². The maximum absolute atomic E-state index is 13.0. The Morgan fingerprint density at radius 2 is 1.93 bits per heavy atom. The third-order valence-electron chi connectivity index (χ3n) is 5.24. The lowest BCUT2D eigenvalue weighted by Gasteiger charge is -2.17. The fourth-order valence-corrected chi connectivity index (χ4v) is 4.27. The summed E-state index contributed by atoms with van der Waals surface area (Å²) in [6.45, 7) is 4.61. The van der Waals surface area contributed by atoms with Gasteiger partial charge in [-0.1, -0.05) is 29.5 Å². The van der Waals surface area contributed by atoms with Gasteiger partial charge < -0.3 is 10.2 Å². The molecule has 0 saturated carbocycles. The average Bonchev–Trinajstić information content (AvgIpc) is 3.32. The van der Waals surface area contributed by atoms with Crippen molar-refractivity contribution >= 4 is 34.0 Å². The van der Waals surface area contributed by atoms with Crippen LogP contribution in [-0.2, 0) is 16.0 Å². The standard InChI is InChI=1S/C22H21FN4O2S/c1-13-3-8-18(9-14(13)2)27-12-16(11-20(27)29)21-25-26-22(30-21)24-19(28)10-15-4-6-17(23)7-5-15/h3-9,16H,10-12H2,1-2H3,(H,24,26,28). The monoisotopic (exact) mass is 424 g/mol. The van der Waals surface area contributed by atoms with E-state index in [2.05, 4.69) is 15.5 Å². The number of benzene rings is 2. The van der Waals surface area contributed by atoms with E-state index in [-0.39, 0.29) is 30.0 Å². The van der Waals surface area contributed by atoms with Gasteiger partial charge in [0.15, 0.2) is 0 Å². The molecule has 3 aromatic rings. The molecule has 2 heterocycles. The number of halogens is 1. The molecule has 0 aliphatic carbocycles. The second kappa shape index (κ2) is 8.31. The van der Waals surface area contributed by atoms with Crippen LogP contribution < -0.4 is 10.2 Å². The molecule has 0 spiro atoms. The number of nitrogens with zero attached hydrogens (tertiary/aromatic N) is 3. The first kappa shape index (κ1) is 20.2. The molecule has 6 nitrogen and oxygen atoms in total. The van der Waals surface area contributed by atoms with Crippen LogP contribution in [0.5, 0.6) is 0 Å². The zero-order valence-electron chi connectivity index (χ0n) is 16.7. The SMILES string of the molecule is Cc1ccc(N2CC(c3nnc(NC(=O)Cc4ccc(F)cc4)s3)CC2=O)cc1C. The number of nitrogens with one attached hydrogen (secondary N) is 1. The molecule has 2 aromatic carbocycles. The van der Waals surface area contributed by atoms with E-state index in [0.717, 1.165) is 16.3 Å². The topological polar surface area (TPSA) is 75.2 Å². The molecule has 1 aliphatic heterocycles. The second-order valence-electron chi connectivity index (χ2n) is 7.47. The van der Waals surface area contributed by atoms with E-state index < -0.39 is 0 Å². The molecule has 154 valence electrons. The van der Waals surface area contributed by atoms with Crippen LogP contribution in [0.4, 0.5) is 15.2 Å². The molecule has 1 fully saturated rings. The van der Waals surface area contributed by atoms with E-state index in [4.69, 9.17) is 0 Å². The average molecular weight is 425 g/mol. The van der Waals surface area contributed by atoms with E-state index in [0.29, 0.717) is 23.7 Å². The molecular weight excluding hydrogens is 403 g/mol. The van der Waals surface area contributed by atoms with Gasteiger partial charge in [0.25, 0.3) is 0 Å². The number of aromatic nitrogens is 2. The maximum Gasteiger partial charge on any atom is 0.230 e. The summed E-state index contributed by atoms with van der Waals surface area (Å²) in [7, 11) is 0. The van der Waals surface area contributed by atoms with Crippen molar-refractivity contribution in [3.8, 4) is 0 Å². The van der Waals surface area contributed by atoms with Crippen molar-refractivity contribution in [3.63, 3.8) is 0 Å². The summed E-state index contributed by atoms with van der Waals surface area (Å²) in [6.07, 6.45) is 0.489. The molecule has 1 aliphatic rings. The van der Waals surface area contributed by atoms with Crippen LogP contribution in [0.15, 0.2) is 42.5 Å². The number of anilines is 2. The van der Waals surface area contributed by atoms with Crippen molar-refractivity contribution < 1.29 is 14.0 Å². The zero-order valence-corrected chi connectivity index (χ0v) is 17.5. The van der Waals surface area contributed by atoms with Crippen LogP contribution in [0.1, 0.15) is 34.0 Å². The fraction of sp³-hybridized carbons (Fsp3) is 0.273. The molecule has 0 bridgehead atoms. The molecule has 1 saturated heterocycles. The highest BCUT2D eigenvalue weighted by molar-refractivity contribution is 7.15. The van der Waals surface area contributed by atoms with Gasteiger partial charge in [0.1, 0.15) is 10.8 Å². The highest BCUT2D eigenvalue weighted by Gasteiger charge is 2.34. The summed E-state index contributed by atoms with van der Waals surface area (Å²) in [5, 5.41) is 12.1. The lowest BCUT2D eigenvalue weighted by Crippen LogP contribution is -2.24. The van der Waals surface area contributed by atoms with Gasteiger partial charge in [-0.3, -0.25) is 9.59 Å². The number of carbonyl (C=O) groups is 2. The molecule has 1 unspecified atom stereocenters. The number of aryl methyl sites for hydroxylation is 2. The molecule has 1 aromatic heterocycles. The molecule has 1 atom stereocenters. The Balaban J connectivity index is 1.40. The van der Waals surface area contributed by atoms with Gasteiger partial charge in [0.05, 0.1) is 6.42 Å². The van der Waals surface area contributed by atoms with E-state index >= 15 is 0 Å². The number of rotatable bonds is 5. The molecule has 8 heteroatoms. The molecule has 0 radical (unpaired) electrons. The minimum atomic E-state index is -0.339. The minimum Gasteiger partial charge on any atom is -0.312 e. The summed E-state index contributed by atoms with van der Waals surface area (Å²) in [6, 6.07) is 11.8. The molecule has 4 rings (SSSR count). The van der Waals surface area contributed by atoms with E-state index in [1.807, 2.05) is 32.0 Å². The maximum atomic E-state index is 13.0. The number of amides is 2. The predicted molar refractivity (Wildman–Crippen MR) is 114 cm³/mol. The number of hydrogen-bond acceptors (Lipinski definition) is 5. The Morgan fingerprint density at radius 1 is 1.17 bits per heavy atom. The van der Waals surface area contributed by atoms with Crippen molar-refractivity contribution in [2.24, 2.45) is 0 Å². The number of hydrogen-bond donors (Lipinski definition) is 1. The third-order valence-corrected chi connectivity index (χ3v) is 6.24. The first-order chi connectivity index (χ1) is 14.4. The Bertz CT molecular complexity index is 1100. The third kappa shape index (κ3) is 4.38. The van der Waals surface area contributed by atoms with Gasteiger partial charge in [-0.15, -0.1) is 10.2 Å². The van der Waals surface area contributed by atoms with Gasteiger partial charge in [0, 0.05) is 24.6 Å². The minimum absolute atomic E-state index is 0.0559. The van der Waals surface area contributed by atoms with Crippen LogP contribution >= 0.6 is 11.3 Å². The van der Waals surface area contributed by atoms with Crippen molar-refractivity contribution in [1.29, 1.82) is 0 Å². The lowest BCUT2D eigenvalue weighted by molar-refractivity contribution is -0.117. The summed E-state index contributed by atoms with van der Waals surface area (Å²) in [4.78, 5) is 26.6. The summed E-state index contributed by atoms with van der Waals surface area (Å²) in [5.74, 6) is -0.586. The van der Waals surface area contributed by atoms with E-state index in [1.54, 1.807) is 17.0 Å². The highest BCUT2D eigenvalue weighted by atomic mass is 32.1. The van der Waals surface area contributed by atoms with E-state index in [1.165, 1.54) is 29.0 Å². The van der Waals surface area contributed by atoms with Crippen LogP contribution in [0.25, 0.3) is 0 Å². The van der Waals surface area contributed by atoms with Gasteiger partial charge in [-0.05, 0) is 54.8 Å². The van der Waals surface area contributed by atoms with Gasteiger partial charge in [-0.2, -0.15) is 0 Å². The fourth-order valence-electron chi connectivity index (χ4n) is 3.42. The zero-order chi connectivity index (χ0) is 21.3. The second-order valence-corrected chi connectivity index (χ2v) is 8.48. The Kier molecular flexibility index (Phi) is 5.59. The Labute approximate surface area is 177 Å². The predicted octanol–water partition coefficient (Wildman–Crippen LogP) is 4.00. The molecule has 30 heavy (non-hydrogen) atoms. The number of carbonyl (C=O) groups excluding carboxylic acids is 2. The first-order valence-electron chi connectivity index (χ1n) is 9.64. The largest absolute Gasteiger partial charge is 0.312 e. The molecule has 1 N–H and O–H groups in total. The Morgan fingerprint density at radius 3 is 2.67 bits per heavy atom. The van der Waals surface area contributed by atoms with E-state index in [9.17, 15) is 14.0 Å². The highest BCUT2D eigenvalue weighted by Crippen LogP contribution is 2.34. The normalized spacial score (nSPS) is 16.2. The van der Waals surface area contributed by atoms with Crippen molar-refractivity contribution in [2.75, 3.05) is 16.8 Å². The van der Waals surface area contributed by atoms with Crippen molar-refractivity contribution in [2.45, 2.75) is 32.6 Å². The van der Waals surface area contributed by atoms with Gasteiger partial charge >= 0.3 is 0 Å². The lowest BCUT2D eigenvalue weighted by atomic mass is 10.1. The first-order valence-corrected chi connectivity index (χ1v) is 10.5. The van der Waals surface area contributed by atoms with Gasteiger partial charge in [0.2, 0.25) is 16.9 Å². The van der Waals surface area contributed by atoms with Crippen LogP contribution in [0.3, 0.4) is 0 Å². The van der Waals surface area contributed by atoms with Crippen LogP contribution in [-0.4, -0.2) is 28.6 Å².